The van der Waals surface area contributed by atoms with Gasteiger partial charge in [-0.3, -0.25) is 9.59 Å². The minimum absolute atomic E-state index is 0.118. The normalized spacial score (nSPS) is 10.2. The Morgan fingerprint density at radius 2 is 1.50 bits per heavy atom. The van der Waals surface area contributed by atoms with Crippen molar-refractivity contribution in [1.82, 2.24) is 10.2 Å². The van der Waals surface area contributed by atoms with Crippen LogP contribution in [-0.2, 0) is 33.8 Å². The second kappa shape index (κ2) is 10.3. The number of aryl methyl sites for hydroxylation is 1. The van der Waals surface area contributed by atoms with E-state index in [-0.39, 0.29) is 18.4 Å². The minimum atomic E-state index is -0.555. The molecule has 0 saturated heterocycles. The fraction of sp³-hybridized carbons (Fsp3) is 0.318. The molecule has 0 saturated carbocycles. The largest absolute Gasteiger partial charge is 0.452 e. The number of ether oxygens (including phenoxy) is 1. The van der Waals surface area contributed by atoms with Crippen LogP contribution in [0.5, 0.6) is 0 Å². The third kappa shape index (κ3) is 6.54. The Hall–Kier alpha value is -3.15. The van der Waals surface area contributed by atoms with E-state index < -0.39 is 5.97 Å². The summed E-state index contributed by atoms with van der Waals surface area (Å²) in [4.78, 5) is 36.8. The predicted molar refractivity (Wildman–Crippen MR) is 107 cm³/mol. The molecule has 6 heteroatoms. The monoisotopic (exact) mass is 382 g/mol. The zero-order chi connectivity index (χ0) is 20.5. The summed E-state index contributed by atoms with van der Waals surface area (Å²) in [5.74, 6) is -0.942. The van der Waals surface area contributed by atoms with Crippen molar-refractivity contribution in [3.05, 3.63) is 70.8 Å². The van der Waals surface area contributed by atoms with E-state index >= 15 is 0 Å². The van der Waals surface area contributed by atoms with Crippen LogP contribution in [0.15, 0.2) is 48.5 Å². The van der Waals surface area contributed by atoms with Crippen molar-refractivity contribution in [2.75, 3.05) is 13.7 Å². The maximum absolute atomic E-state index is 12.2. The van der Waals surface area contributed by atoms with Gasteiger partial charge in [0.25, 0.3) is 5.91 Å². The molecule has 0 aliphatic heterocycles. The molecule has 0 spiro atoms. The summed E-state index contributed by atoms with van der Waals surface area (Å²) in [6, 6.07) is 14.8. The second-order valence-electron chi connectivity index (χ2n) is 6.60. The molecule has 0 bridgehead atoms. The van der Waals surface area contributed by atoms with Gasteiger partial charge in [-0.1, -0.05) is 43.3 Å². The first-order chi connectivity index (χ1) is 13.4. The molecule has 6 nitrogen and oxygen atoms in total. The lowest BCUT2D eigenvalue weighted by molar-refractivity contribution is -0.133. The molecule has 0 heterocycles. The van der Waals surface area contributed by atoms with Crippen LogP contribution in [-0.4, -0.2) is 36.3 Å². The third-order valence-electron chi connectivity index (χ3n) is 4.33. The molecular weight excluding hydrogens is 356 g/mol. The lowest BCUT2D eigenvalue weighted by Crippen LogP contribution is -2.30. The van der Waals surface area contributed by atoms with Crippen LogP contribution in [0.2, 0.25) is 0 Å². The Kier molecular flexibility index (Phi) is 7.75. The van der Waals surface area contributed by atoms with Gasteiger partial charge in [0.05, 0.1) is 5.56 Å². The molecule has 0 aromatic heterocycles. The quantitative estimate of drug-likeness (QED) is 0.713. The first-order valence-electron chi connectivity index (χ1n) is 9.21. The van der Waals surface area contributed by atoms with Gasteiger partial charge in [0.2, 0.25) is 5.91 Å². The molecule has 0 fully saturated rings. The topological polar surface area (TPSA) is 75.7 Å². The lowest BCUT2D eigenvalue weighted by Gasteiger charge is -2.17. The van der Waals surface area contributed by atoms with Gasteiger partial charge in [-0.15, -0.1) is 0 Å². The van der Waals surface area contributed by atoms with E-state index in [0.29, 0.717) is 18.7 Å². The van der Waals surface area contributed by atoms with E-state index in [9.17, 15) is 14.4 Å². The first kappa shape index (κ1) is 21.2. The van der Waals surface area contributed by atoms with E-state index in [2.05, 4.69) is 12.2 Å². The highest BCUT2D eigenvalue weighted by molar-refractivity contribution is 5.91. The summed E-state index contributed by atoms with van der Waals surface area (Å²) >= 11 is 0. The summed E-state index contributed by atoms with van der Waals surface area (Å²) in [7, 11) is 1.68. The van der Waals surface area contributed by atoms with Crippen LogP contribution >= 0.6 is 0 Å². The molecule has 0 radical (unpaired) electrons. The highest BCUT2D eigenvalue weighted by Gasteiger charge is 2.14. The maximum Gasteiger partial charge on any atom is 0.338 e. The van der Waals surface area contributed by atoms with Crippen molar-refractivity contribution >= 4 is 17.8 Å². The fourth-order valence-corrected chi connectivity index (χ4v) is 2.55. The van der Waals surface area contributed by atoms with Crippen LogP contribution in [0, 0.1) is 0 Å². The number of likely N-dealkylation sites (N-methyl/N-ethyl adjacent to an activating group) is 1. The van der Waals surface area contributed by atoms with Crippen LogP contribution in [0.3, 0.4) is 0 Å². The average molecular weight is 382 g/mol. The number of amides is 2. The Labute approximate surface area is 165 Å². The van der Waals surface area contributed by atoms with Crippen molar-refractivity contribution in [3.63, 3.8) is 0 Å². The van der Waals surface area contributed by atoms with E-state index in [1.807, 2.05) is 24.3 Å². The van der Waals surface area contributed by atoms with Gasteiger partial charge < -0.3 is 15.0 Å². The lowest BCUT2D eigenvalue weighted by atomic mass is 10.1. The number of esters is 1. The molecule has 0 aliphatic rings. The summed E-state index contributed by atoms with van der Waals surface area (Å²) < 4.78 is 5.12. The highest BCUT2D eigenvalue weighted by Crippen LogP contribution is 2.09. The molecule has 148 valence electrons. The maximum atomic E-state index is 12.2. The Bertz CT molecular complexity index is 813. The molecule has 0 unspecified atom stereocenters. The summed E-state index contributed by atoms with van der Waals surface area (Å²) in [5, 5.41) is 2.68. The number of benzene rings is 2. The van der Waals surface area contributed by atoms with Crippen LogP contribution in [0.1, 0.15) is 40.9 Å². The molecule has 2 amide bonds. The molecular formula is C22H26N2O4. The van der Waals surface area contributed by atoms with E-state index in [4.69, 9.17) is 4.74 Å². The van der Waals surface area contributed by atoms with Gasteiger partial charge in [-0.05, 0) is 35.2 Å². The van der Waals surface area contributed by atoms with E-state index in [1.54, 1.807) is 31.3 Å². The number of carbonyl (C=O) groups excluding carboxylic acids is 3. The van der Waals surface area contributed by atoms with Gasteiger partial charge in [-0.2, -0.15) is 0 Å². The molecule has 1 N–H and O–H groups in total. The zero-order valence-electron chi connectivity index (χ0n) is 16.5. The predicted octanol–water partition coefficient (Wildman–Crippen LogP) is 2.70. The van der Waals surface area contributed by atoms with Crippen LogP contribution in [0.25, 0.3) is 0 Å². The van der Waals surface area contributed by atoms with Gasteiger partial charge in [0.1, 0.15) is 0 Å². The number of hydrogen-bond donors (Lipinski definition) is 1. The fourth-order valence-electron chi connectivity index (χ4n) is 2.55. The molecule has 0 aliphatic carbocycles. The number of rotatable bonds is 8. The van der Waals surface area contributed by atoms with Crippen molar-refractivity contribution in [2.45, 2.75) is 33.4 Å². The third-order valence-corrected chi connectivity index (χ3v) is 4.33. The Balaban J connectivity index is 1.81. The van der Waals surface area contributed by atoms with Gasteiger partial charge in [-0.25, -0.2) is 4.79 Å². The Morgan fingerprint density at radius 1 is 0.929 bits per heavy atom. The summed E-state index contributed by atoms with van der Waals surface area (Å²) in [6.07, 6.45) is 0.971. The summed E-state index contributed by atoms with van der Waals surface area (Å²) in [5.41, 5.74) is 3.50. The van der Waals surface area contributed by atoms with Crippen molar-refractivity contribution < 1.29 is 19.1 Å². The number of nitrogens with one attached hydrogen (secondary N) is 1. The molecule has 2 aromatic carbocycles. The van der Waals surface area contributed by atoms with E-state index in [0.717, 1.165) is 17.5 Å². The van der Waals surface area contributed by atoms with E-state index in [1.165, 1.54) is 17.4 Å². The number of hydrogen-bond acceptors (Lipinski definition) is 4. The van der Waals surface area contributed by atoms with Crippen LogP contribution in [0.4, 0.5) is 0 Å². The highest BCUT2D eigenvalue weighted by atomic mass is 16.5. The molecule has 2 aromatic rings. The minimum Gasteiger partial charge on any atom is -0.452 e. The number of carbonyl (C=O) groups is 3. The second-order valence-corrected chi connectivity index (χ2v) is 6.60. The SMILES string of the molecule is CCc1ccc(CN(C)C(=O)COC(=O)c2ccc(CNC(C)=O)cc2)cc1. The van der Waals surface area contributed by atoms with Crippen LogP contribution < -0.4 is 5.32 Å². The molecule has 2 rings (SSSR count). The van der Waals surface area contributed by atoms with Gasteiger partial charge in [0, 0.05) is 27.1 Å². The molecule has 28 heavy (non-hydrogen) atoms. The van der Waals surface area contributed by atoms with Crippen molar-refractivity contribution in [2.24, 2.45) is 0 Å². The van der Waals surface area contributed by atoms with Gasteiger partial charge >= 0.3 is 5.97 Å². The summed E-state index contributed by atoms with van der Waals surface area (Å²) in [6.45, 7) is 4.08. The van der Waals surface area contributed by atoms with Crippen molar-refractivity contribution in [3.8, 4) is 0 Å². The molecule has 0 atom stereocenters. The Morgan fingerprint density at radius 3 is 2.07 bits per heavy atom. The van der Waals surface area contributed by atoms with Crippen molar-refractivity contribution in [1.29, 1.82) is 0 Å². The number of nitrogens with zero attached hydrogens (tertiary/aromatic N) is 1. The first-order valence-corrected chi connectivity index (χ1v) is 9.21. The van der Waals surface area contributed by atoms with Gasteiger partial charge in [0.15, 0.2) is 6.61 Å². The smallest absolute Gasteiger partial charge is 0.338 e. The standard InChI is InChI=1S/C22H26N2O4/c1-4-17-5-7-19(8-6-17)14-24(3)21(26)15-28-22(27)20-11-9-18(10-12-20)13-23-16(2)25/h5-12H,4,13-15H2,1-3H3,(H,23,25). The zero-order valence-corrected chi connectivity index (χ0v) is 16.5. The average Bonchev–Trinajstić information content (AvgIpc) is 2.71.